The van der Waals surface area contributed by atoms with Crippen LogP contribution in [-0.2, 0) is 4.79 Å². The molecule has 4 heterocycles. The van der Waals surface area contributed by atoms with Gasteiger partial charge in [-0.3, -0.25) is 14.8 Å². The molecule has 43 heavy (non-hydrogen) atoms. The Morgan fingerprint density at radius 3 is 2.47 bits per heavy atom. The smallest absolute Gasteiger partial charge is 0.227 e. The number of aryl methyl sites for hydroxylation is 1. The van der Waals surface area contributed by atoms with Gasteiger partial charge in [0.2, 0.25) is 11.7 Å². The van der Waals surface area contributed by atoms with E-state index in [0.29, 0.717) is 35.2 Å². The molecule has 2 saturated heterocycles. The summed E-state index contributed by atoms with van der Waals surface area (Å²) in [5, 5.41) is 17.9. The van der Waals surface area contributed by atoms with Crippen LogP contribution in [0, 0.1) is 12.8 Å². The molecule has 1 amide bonds. The van der Waals surface area contributed by atoms with Crippen molar-refractivity contribution in [3.05, 3.63) is 36.0 Å². The van der Waals surface area contributed by atoms with Gasteiger partial charge in [0, 0.05) is 60.5 Å². The second-order valence-electron chi connectivity index (χ2n) is 11.6. The Balaban J connectivity index is 1.23. The van der Waals surface area contributed by atoms with Crippen molar-refractivity contribution in [2.75, 3.05) is 61.4 Å². The molecule has 3 fully saturated rings. The number of carbonyl (C=O) groups excluding carboxylic acids is 1. The molecule has 0 spiro atoms. The zero-order valence-corrected chi connectivity index (χ0v) is 26.0. The van der Waals surface area contributed by atoms with Crippen LogP contribution in [-0.4, -0.2) is 82.9 Å². The maximum atomic E-state index is 12.6. The Bertz CT molecular complexity index is 1360. The first kappa shape index (κ1) is 29.7. The summed E-state index contributed by atoms with van der Waals surface area (Å²) in [7, 11) is 0. The zero-order valence-electron chi connectivity index (χ0n) is 25.2. The second kappa shape index (κ2) is 14.0. The number of nitrogens with zero attached hydrogens (tertiary/aromatic N) is 5. The summed E-state index contributed by atoms with van der Waals surface area (Å²) in [5.74, 6) is 2.99. The third-order valence-electron chi connectivity index (χ3n) is 8.56. The Morgan fingerprint density at radius 1 is 1.05 bits per heavy atom. The highest BCUT2D eigenvalue weighted by Gasteiger charge is 2.29. The Morgan fingerprint density at radius 2 is 1.79 bits per heavy atom. The summed E-state index contributed by atoms with van der Waals surface area (Å²) in [5.41, 5.74) is 1.77. The van der Waals surface area contributed by atoms with Crippen LogP contribution < -0.4 is 25.6 Å². The van der Waals surface area contributed by atoms with Gasteiger partial charge < -0.3 is 25.6 Å². The van der Waals surface area contributed by atoms with Crippen molar-refractivity contribution in [2.45, 2.75) is 68.5 Å². The van der Waals surface area contributed by atoms with Crippen LogP contribution in [0.2, 0.25) is 0 Å². The summed E-state index contributed by atoms with van der Waals surface area (Å²) in [4.78, 5) is 28.5. The van der Waals surface area contributed by atoms with E-state index in [1.807, 2.05) is 44.2 Å². The minimum Gasteiger partial charge on any atom is -0.487 e. The number of hydrogen-bond donors (Lipinski definition) is 4. The molecule has 2 aliphatic heterocycles. The fraction of sp³-hybridized carbons (Fsp3) is 0.548. The van der Waals surface area contributed by atoms with E-state index < -0.39 is 0 Å². The van der Waals surface area contributed by atoms with Gasteiger partial charge in [0.05, 0.1) is 6.61 Å². The highest BCUT2D eigenvalue weighted by atomic mass is 32.2. The number of carbonyl (C=O) groups is 1. The maximum Gasteiger partial charge on any atom is 0.227 e. The fourth-order valence-electron chi connectivity index (χ4n) is 6.26. The largest absolute Gasteiger partial charge is 0.487 e. The van der Waals surface area contributed by atoms with Crippen molar-refractivity contribution < 1.29 is 9.53 Å². The summed E-state index contributed by atoms with van der Waals surface area (Å²) < 4.78 is 6.21. The molecule has 12 heteroatoms. The van der Waals surface area contributed by atoms with Gasteiger partial charge in [0.25, 0.3) is 0 Å². The van der Waals surface area contributed by atoms with E-state index >= 15 is 0 Å². The molecule has 3 aromatic rings. The van der Waals surface area contributed by atoms with E-state index in [1.54, 1.807) is 0 Å². The maximum absolute atomic E-state index is 12.6. The van der Waals surface area contributed by atoms with E-state index in [2.05, 4.69) is 35.9 Å². The lowest BCUT2D eigenvalue weighted by Crippen LogP contribution is -2.53. The normalized spacial score (nSPS) is 18.6. The highest BCUT2D eigenvalue weighted by Crippen LogP contribution is 2.39. The van der Waals surface area contributed by atoms with Crippen molar-refractivity contribution in [3.8, 4) is 5.75 Å². The van der Waals surface area contributed by atoms with Crippen molar-refractivity contribution in [2.24, 2.45) is 5.92 Å². The molecule has 0 radical (unpaired) electrons. The van der Waals surface area contributed by atoms with Crippen molar-refractivity contribution >= 4 is 40.8 Å². The summed E-state index contributed by atoms with van der Waals surface area (Å²) >= 11 is 1.50. The minimum absolute atomic E-state index is 0.127. The van der Waals surface area contributed by atoms with Gasteiger partial charge in [0.1, 0.15) is 0 Å². The number of benzene rings is 1. The predicted molar refractivity (Wildman–Crippen MR) is 171 cm³/mol. The van der Waals surface area contributed by atoms with Crippen LogP contribution >= 0.6 is 11.8 Å². The molecule has 1 saturated carbocycles. The molecule has 1 aromatic carbocycles. The van der Waals surface area contributed by atoms with E-state index in [4.69, 9.17) is 14.7 Å². The third-order valence-corrected chi connectivity index (χ3v) is 9.44. The number of anilines is 4. The van der Waals surface area contributed by atoms with Gasteiger partial charge >= 0.3 is 0 Å². The lowest BCUT2D eigenvalue weighted by Gasteiger charge is -2.41. The summed E-state index contributed by atoms with van der Waals surface area (Å²) in [6.07, 6.45) is 6.67. The van der Waals surface area contributed by atoms with E-state index in [-0.39, 0.29) is 11.8 Å². The molecule has 0 atom stereocenters. The number of piperidine rings is 1. The molecular weight excluding hydrogens is 562 g/mol. The number of ether oxygens (including phenoxy) is 1. The van der Waals surface area contributed by atoms with Crippen LogP contribution in [0.4, 0.5) is 23.1 Å². The van der Waals surface area contributed by atoms with Gasteiger partial charge in [-0.2, -0.15) is 5.10 Å². The van der Waals surface area contributed by atoms with E-state index in [1.165, 1.54) is 24.6 Å². The average molecular weight is 606 g/mol. The summed E-state index contributed by atoms with van der Waals surface area (Å²) in [6.45, 7) is 10.4. The second-order valence-corrected chi connectivity index (χ2v) is 12.6. The third kappa shape index (κ3) is 7.42. The highest BCUT2D eigenvalue weighted by molar-refractivity contribution is 7.99. The van der Waals surface area contributed by atoms with E-state index in [0.717, 1.165) is 87.0 Å². The van der Waals surface area contributed by atoms with Crippen molar-refractivity contribution in [3.63, 3.8) is 0 Å². The lowest BCUT2D eigenvalue weighted by molar-refractivity contribution is -0.119. The standard InChI is InChI=1S/C31H43N9O2S/c1-3-42-27-28(34-26-20-21(2)37-38-26)35-31(36-29(27)40-18-16-39(17-19-40)24-12-14-32-15-13-24)43-25-10-8-23(9-11-25)33-30(41)22-6-4-5-7-22/h8-11,20,22,24,32H,3-7,12-19H2,1-2H3,(H,33,41)(H2,34,35,36,37,38). The lowest BCUT2D eigenvalue weighted by atomic mass is 10.0. The molecule has 4 N–H and O–H groups in total. The monoisotopic (exact) mass is 605 g/mol. The average Bonchev–Trinajstić information content (AvgIpc) is 3.72. The number of piperazine rings is 1. The van der Waals surface area contributed by atoms with Crippen LogP contribution in [0.5, 0.6) is 5.75 Å². The molecule has 3 aliphatic rings. The number of aromatic amines is 1. The zero-order chi connectivity index (χ0) is 29.6. The Labute approximate surface area is 258 Å². The number of rotatable bonds is 10. The number of hydrogen-bond acceptors (Lipinski definition) is 10. The molecular formula is C31H43N9O2S. The molecule has 6 rings (SSSR count). The number of amides is 1. The fourth-order valence-corrected chi connectivity index (χ4v) is 7.01. The number of aromatic nitrogens is 4. The number of nitrogens with one attached hydrogen (secondary N) is 4. The van der Waals surface area contributed by atoms with Crippen LogP contribution in [0.25, 0.3) is 0 Å². The SMILES string of the molecule is CCOc1c(Nc2cc(C)[nH]n2)nc(Sc2ccc(NC(=O)C3CCCC3)cc2)nc1N1CCN(C2CCNCC2)CC1. The summed E-state index contributed by atoms with van der Waals surface area (Å²) in [6, 6.07) is 10.5. The molecule has 230 valence electrons. The topological polar surface area (TPSA) is 123 Å². The van der Waals surface area contributed by atoms with Gasteiger partial charge in [0.15, 0.2) is 22.6 Å². The quantitative estimate of drug-likeness (QED) is 0.240. The minimum atomic E-state index is 0.127. The van der Waals surface area contributed by atoms with Crippen LogP contribution in [0.15, 0.2) is 40.4 Å². The van der Waals surface area contributed by atoms with Gasteiger partial charge in [-0.25, -0.2) is 9.97 Å². The van der Waals surface area contributed by atoms with Crippen molar-refractivity contribution in [1.29, 1.82) is 0 Å². The molecule has 0 bridgehead atoms. The first-order valence-corrected chi connectivity index (χ1v) is 16.5. The van der Waals surface area contributed by atoms with E-state index in [9.17, 15) is 4.79 Å². The Hall–Kier alpha value is -3.35. The van der Waals surface area contributed by atoms with Gasteiger partial charge in [-0.05, 0) is 88.6 Å². The predicted octanol–water partition coefficient (Wildman–Crippen LogP) is 4.80. The van der Waals surface area contributed by atoms with Crippen molar-refractivity contribution in [1.82, 2.24) is 30.4 Å². The Kier molecular flexibility index (Phi) is 9.64. The van der Waals surface area contributed by atoms with Crippen LogP contribution in [0.1, 0.15) is 51.1 Å². The molecule has 11 nitrogen and oxygen atoms in total. The molecule has 0 unspecified atom stereocenters. The molecule has 2 aromatic heterocycles. The molecule has 1 aliphatic carbocycles. The van der Waals surface area contributed by atoms with Crippen LogP contribution in [0.3, 0.4) is 0 Å². The first-order valence-electron chi connectivity index (χ1n) is 15.7. The first-order chi connectivity index (χ1) is 21.1. The van der Waals surface area contributed by atoms with Gasteiger partial charge in [-0.15, -0.1) is 0 Å². The van der Waals surface area contributed by atoms with Gasteiger partial charge in [-0.1, -0.05) is 12.8 Å². The number of H-pyrrole nitrogens is 1.